The molecule has 0 radical (unpaired) electrons. The van der Waals surface area contributed by atoms with Crippen molar-refractivity contribution >= 4 is 17.4 Å². The number of alkyl halides is 3. The van der Waals surface area contributed by atoms with Crippen molar-refractivity contribution in [3.8, 4) is 6.07 Å². The molecule has 0 saturated carbocycles. The van der Waals surface area contributed by atoms with Crippen LogP contribution in [0.4, 0.5) is 19.0 Å². The van der Waals surface area contributed by atoms with Gasteiger partial charge in [-0.1, -0.05) is 23.7 Å². The van der Waals surface area contributed by atoms with Gasteiger partial charge < -0.3 is 5.32 Å². The number of hydrogen-bond acceptors (Lipinski definition) is 3. The maximum Gasteiger partial charge on any atom is 0.410 e. The molecule has 22 heavy (non-hydrogen) atoms. The third kappa shape index (κ3) is 2.50. The summed E-state index contributed by atoms with van der Waals surface area (Å²) >= 11 is 5.81. The first-order valence-corrected chi connectivity index (χ1v) is 6.84. The van der Waals surface area contributed by atoms with Crippen LogP contribution < -0.4 is 5.32 Å². The Hall–Kier alpha value is -2.20. The maximum absolute atomic E-state index is 13.3. The number of hydrogen-bond donors (Lipinski definition) is 1. The summed E-state index contributed by atoms with van der Waals surface area (Å²) in [6.07, 6.45) is -3.50. The van der Waals surface area contributed by atoms with Crippen molar-refractivity contribution in [3.63, 3.8) is 0 Å². The minimum absolute atomic E-state index is 0.0907. The monoisotopic (exact) mass is 326 g/mol. The van der Waals surface area contributed by atoms with Gasteiger partial charge in [0, 0.05) is 11.4 Å². The normalized spacial score (nSPS) is 20.9. The van der Waals surface area contributed by atoms with Gasteiger partial charge in [0.05, 0.1) is 12.2 Å². The van der Waals surface area contributed by atoms with E-state index in [9.17, 15) is 13.2 Å². The van der Waals surface area contributed by atoms with Crippen molar-refractivity contribution in [1.29, 1.82) is 5.26 Å². The summed E-state index contributed by atoms with van der Waals surface area (Å²) in [6.45, 7) is 0. The number of fused-ring (bicyclic) bond motifs is 1. The summed E-state index contributed by atoms with van der Waals surface area (Å²) < 4.78 is 40.7. The van der Waals surface area contributed by atoms with E-state index in [1.807, 2.05) is 6.07 Å². The molecule has 2 atom stereocenters. The molecule has 0 spiro atoms. The number of benzene rings is 1. The molecule has 1 aliphatic heterocycles. The molecule has 0 amide bonds. The van der Waals surface area contributed by atoms with Gasteiger partial charge in [0.1, 0.15) is 17.5 Å². The zero-order valence-electron chi connectivity index (χ0n) is 11.1. The summed E-state index contributed by atoms with van der Waals surface area (Å²) in [5.74, 6) is 0.0935. The predicted molar refractivity (Wildman–Crippen MR) is 74.5 cm³/mol. The maximum atomic E-state index is 13.3. The fraction of sp³-hybridized carbons (Fsp3) is 0.286. The number of nitriles is 1. The van der Waals surface area contributed by atoms with Crippen LogP contribution in [0.25, 0.3) is 0 Å². The molecule has 0 bridgehead atoms. The first kappa shape index (κ1) is 14.7. The number of nitrogens with one attached hydrogen (secondary N) is 1. The molecule has 3 rings (SSSR count). The molecule has 4 nitrogen and oxygen atoms in total. The molecule has 1 aliphatic rings. The second kappa shape index (κ2) is 5.21. The van der Waals surface area contributed by atoms with Crippen LogP contribution in [0, 0.1) is 11.3 Å². The van der Waals surface area contributed by atoms with E-state index in [0.717, 1.165) is 10.9 Å². The van der Waals surface area contributed by atoms with Gasteiger partial charge in [0.2, 0.25) is 0 Å². The quantitative estimate of drug-likeness (QED) is 0.859. The van der Waals surface area contributed by atoms with E-state index in [1.54, 1.807) is 24.3 Å². The molecule has 2 aromatic rings. The Morgan fingerprint density at radius 3 is 2.59 bits per heavy atom. The highest BCUT2D eigenvalue weighted by Crippen LogP contribution is 2.44. The first-order valence-electron chi connectivity index (χ1n) is 6.46. The fourth-order valence-corrected chi connectivity index (χ4v) is 2.68. The molecule has 1 aromatic heterocycles. The molecule has 8 heteroatoms. The highest BCUT2D eigenvalue weighted by atomic mass is 35.5. The minimum atomic E-state index is -4.44. The van der Waals surface area contributed by atoms with Crippen LogP contribution in [-0.4, -0.2) is 16.0 Å². The Bertz CT molecular complexity index is 730. The second-order valence-corrected chi connectivity index (χ2v) is 5.44. The summed E-state index contributed by atoms with van der Waals surface area (Å²) in [7, 11) is 0. The molecule has 1 N–H and O–H groups in total. The summed E-state index contributed by atoms with van der Waals surface area (Å²) in [6, 6.07) is 6.10. The van der Waals surface area contributed by atoms with E-state index in [0.29, 0.717) is 10.6 Å². The molecule has 114 valence electrons. The Morgan fingerprint density at radius 1 is 1.32 bits per heavy atom. The van der Waals surface area contributed by atoms with Gasteiger partial charge in [-0.2, -0.15) is 23.5 Å². The smallest absolute Gasteiger partial charge is 0.362 e. The van der Waals surface area contributed by atoms with Crippen LogP contribution in [0.2, 0.25) is 5.02 Å². The van der Waals surface area contributed by atoms with Crippen molar-refractivity contribution < 1.29 is 13.2 Å². The van der Waals surface area contributed by atoms with Crippen LogP contribution in [0.3, 0.4) is 0 Å². The molecule has 0 fully saturated rings. The Morgan fingerprint density at radius 2 is 2.00 bits per heavy atom. The van der Waals surface area contributed by atoms with Crippen molar-refractivity contribution in [2.45, 2.75) is 24.7 Å². The van der Waals surface area contributed by atoms with Gasteiger partial charge in [-0.3, -0.25) is 0 Å². The zero-order valence-corrected chi connectivity index (χ0v) is 11.9. The van der Waals surface area contributed by atoms with Crippen LogP contribution in [-0.2, 0) is 0 Å². The summed E-state index contributed by atoms with van der Waals surface area (Å²) in [5.41, 5.74) is 0.767. The van der Waals surface area contributed by atoms with Crippen molar-refractivity contribution in [2.75, 3.05) is 5.32 Å². The highest BCUT2D eigenvalue weighted by Gasteiger charge is 2.46. The van der Waals surface area contributed by atoms with Crippen molar-refractivity contribution in [3.05, 3.63) is 46.6 Å². The van der Waals surface area contributed by atoms with Gasteiger partial charge >= 0.3 is 6.18 Å². The molecular weight excluding hydrogens is 317 g/mol. The Balaban J connectivity index is 2.03. The predicted octanol–water partition coefficient (Wildman–Crippen LogP) is 4.07. The van der Waals surface area contributed by atoms with E-state index >= 15 is 0 Å². The van der Waals surface area contributed by atoms with Crippen LogP contribution in [0.15, 0.2) is 30.5 Å². The van der Waals surface area contributed by atoms with Gasteiger partial charge in [-0.15, -0.1) is 0 Å². The zero-order chi connectivity index (χ0) is 15.9. The summed E-state index contributed by atoms with van der Waals surface area (Å²) in [5, 5.41) is 16.2. The highest BCUT2D eigenvalue weighted by molar-refractivity contribution is 6.30. The lowest BCUT2D eigenvalue weighted by molar-refractivity contribution is -0.173. The number of aromatic nitrogens is 2. The number of nitrogens with zero attached hydrogens (tertiary/aromatic N) is 3. The molecule has 0 saturated heterocycles. The number of rotatable bonds is 1. The lowest BCUT2D eigenvalue weighted by Crippen LogP contribution is -2.35. The van der Waals surface area contributed by atoms with Crippen molar-refractivity contribution in [1.82, 2.24) is 9.78 Å². The number of anilines is 1. The molecular formula is C14H10ClF3N4. The first-order chi connectivity index (χ1) is 10.4. The molecule has 2 heterocycles. The Labute approximate surface area is 129 Å². The lowest BCUT2D eigenvalue weighted by Gasteiger charge is -2.33. The van der Waals surface area contributed by atoms with Crippen molar-refractivity contribution in [2.24, 2.45) is 0 Å². The van der Waals surface area contributed by atoms with E-state index in [4.69, 9.17) is 16.9 Å². The second-order valence-electron chi connectivity index (χ2n) is 5.00. The van der Waals surface area contributed by atoms with E-state index in [1.165, 1.54) is 0 Å². The lowest BCUT2D eigenvalue weighted by atomic mass is 9.96. The van der Waals surface area contributed by atoms with Crippen LogP contribution >= 0.6 is 11.6 Å². The van der Waals surface area contributed by atoms with Gasteiger partial charge in [0.25, 0.3) is 0 Å². The SMILES string of the molecule is N#Cc1cnn2c1N[C@@H](c1ccc(Cl)cc1)C[C@@H]2C(F)(F)F. The topological polar surface area (TPSA) is 53.6 Å². The van der Waals surface area contributed by atoms with E-state index < -0.39 is 18.3 Å². The average molecular weight is 327 g/mol. The van der Waals surface area contributed by atoms with E-state index in [2.05, 4.69) is 10.4 Å². The largest absolute Gasteiger partial charge is 0.410 e. The third-order valence-corrected chi connectivity index (χ3v) is 3.88. The van der Waals surface area contributed by atoms with E-state index in [-0.39, 0.29) is 17.8 Å². The molecule has 1 aromatic carbocycles. The van der Waals surface area contributed by atoms with Crippen LogP contribution in [0.5, 0.6) is 0 Å². The van der Waals surface area contributed by atoms with Crippen LogP contribution in [0.1, 0.15) is 29.6 Å². The minimum Gasteiger partial charge on any atom is -0.362 e. The summed E-state index contributed by atoms with van der Waals surface area (Å²) in [4.78, 5) is 0. The van der Waals surface area contributed by atoms with Gasteiger partial charge in [-0.25, -0.2) is 4.68 Å². The number of halogens is 4. The molecule has 0 aliphatic carbocycles. The van der Waals surface area contributed by atoms with Gasteiger partial charge in [0.15, 0.2) is 6.04 Å². The fourth-order valence-electron chi connectivity index (χ4n) is 2.56. The Kier molecular flexibility index (Phi) is 3.49. The average Bonchev–Trinajstić information content (AvgIpc) is 2.88. The van der Waals surface area contributed by atoms with Gasteiger partial charge in [-0.05, 0) is 17.7 Å². The standard InChI is InChI=1S/C14H10ClF3N4/c15-10-3-1-8(2-4-10)11-5-12(14(16,17)18)22-13(21-11)9(6-19)7-20-22/h1-4,7,11-12,21H,5H2/t11-,12-/m1/s1. The third-order valence-electron chi connectivity index (χ3n) is 3.63. The molecule has 0 unspecified atom stereocenters.